The maximum absolute atomic E-state index is 10.7. The lowest BCUT2D eigenvalue weighted by molar-refractivity contribution is -0.897. The fourth-order valence-corrected chi connectivity index (χ4v) is 2.11. The van der Waals surface area contributed by atoms with Gasteiger partial charge in [-0.3, -0.25) is 4.18 Å². The second-order valence-electron chi connectivity index (χ2n) is 4.02. The summed E-state index contributed by atoms with van der Waals surface area (Å²) in [6.07, 6.45) is 3.59. The SMILES string of the molecule is C[N+]1(CCOS(C)(=O)=O)CCCC1. The summed E-state index contributed by atoms with van der Waals surface area (Å²) < 4.78 is 27.0. The van der Waals surface area contributed by atoms with Crippen LogP contribution in [0.4, 0.5) is 0 Å². The predicted octanol–water partition coefficient (Wildman–Crippen LogP) is 0.203. The van der Waals surface area contributed by atoms with Crippen LogP contribution in [0.3, 0.4) is 0 Å². The van der Waals surface area contributed by atoms with Crippen LogP contribution in [-0.2, 0) is 14.3 Å². The van der Waals surface area contributed by atoms with Gasteiger partial charge in [-0.1, -0.05) is 0 Å². The lowest BCUT2D eigenvalue weighted by Gasteiger charge is -2.28. The number of hydrogen-bond donors (Lipinski definition) is 0. The molecule has 1 heterocycles. The van der Waals surface area contributed by atoms with Crippen molar-refractivity contribution in [3.8, 4) is 0 Å². The third-order valence-corrected chi connectivity index (χ3v) is 3.17. The highest BCUT2D eigenvalue weighted by molar-refractivity contribution is 7.85. The Labute approximate surface area is 80.2 Å². The van der Waals surface area contributed by atoms with Crippen LogP contribution in [0, 0.1) is 0 Å². The van der Waals surface area contributed by atoms with E-state index < -0.39 is 10.1 Å². The van der Waals surface area contributed by atoms with E-state index in [2.05, 4.69) is 7.05 Å². The Bertz CT molecular complexity index is 255. The number of likely N-dealkylation sites (tertiary alicyclic amines) is 1. The van der Waals surface area contributed by atoms with E-state index in [4.69, 9.17) is 4.18 Å². The summed E-state index contributed by atoms with van der Waals surface area (Å²) in [4.78, 5) is 0. The van der Waals surface area contributed by atoms with Crippen molar-refractivity contribution in [3.05, 3.63) is 0 Å². The summed E-state index contributed by atoms with van der Waals surface area (Å²) in [5.74, 6) is 0. The summed E-state index contributed by atoms with van der Waals surface area (Å²) in [5.41, 5.74) is 0. The van der Waals surface area contributed by atoms with Crippen LogP contribution in [0.2, 0.25) is 0 Å². The van der Waals surface area contributed by atoms with Gasteiger partial charge in [0.25, 0.3) is 10.1 Å². The molecule has 0 N–H and O–H groups in total. The lowest BCUT2D eigenvalue weighted by atomic mass is 10.4. The summed E-state index contributed by atoms with van der Waals surface area (Å²) in [6, 6.07) is 0. The van der Waals surface area contributed by atoms with Gasteiger partial charge in [-0.05, 0) is 0 Å². The zero-order valence-corrected chi connectivity index (χ0v) is 9.14. The molecular weight excluding hydrogens is 190 g/mol. The molecule has 0 spiro atoms. The monoisotopic (exact) mass is 208 g/mol. The van der Waals surface area contributed by atoms with Gasteiger partial charge >= 0.3 is 0 Å². The molecule has 0 aromatic heterocycles. The van der Waals surface area contributed by atoms with Crippen LogP contribution >= 0.6 is 0 Å². The molecule has 0 aromatic carbocycles. The van der Waals surface area contributed by atoms with Crippen molar-refractivity contribution >= 4 is 10.1 Å². The third-order valence-electron chi connectivity index (χ3n) is 2.57. The highest BCUT2D eigenvalue weighted by Gasteiger charge is 2.26. The molecular formula is C8H18NO3S+. The quantitative estimate of drug-likeness (QED) is 0.490. The zero-order chi connectivity index (χ0) is 9.95. The number of nitrogens with zero attached hydrogens (tertiary/aromatic N) is 1. The van der Waals surface area contributed by atoms with E-state index in [0.29, 0.717) is 6.61 Å². The van der Waals surface area contributed by atoms with Gasteiger partial charge in [0.15, 0.2) is 0 Å². The Morgan fingerprint density at radius 2 is 1.85 bits per heavy atom. The molecule has 5 heteroatoms. The second kappa shape index (κ2) is 3.94. The average molecular weight is 208 g/mol. The standard InChI is InChI=1S/C8H18NO3S/c1-9(5-3-4-6-9)7-8-12-13(2,10)11/h3-8H2,1-2H3/q+1. The average Bonchev–Trinajstić information content (AvgIpc) is 2.33. The van der Waals surface area contributed by atoms with Crippen molar-refractivity contribution in [2.24, 2.45) is 0 Å². The van der Waals surface area contributed by atoms with Crippen molar-refractivity contribution < 1.29 is 17.1 Å². The fraction of sp³-hybridized carbons (Fsp3) is 1.00. The molecule has 4 nitrogen and oxygen atoms in total. The number of rotatable bonds is 4. The van der Waals surface area contributed by atoms with Crippen molar-refractivity contribution in [3.63, 3.8) is 0 Å². The molecule has 78 valence electrons. The first-order valence-electron chi connectivity index (χ1n) is 4.59. The van der Waals surface area contributed by atoms with Crippen molar-refractivity contribution in [1.29, 1.82) is 0 Å². The van der Waals surface area contributed by atoms with Gasteiger partial charge in [0.2, 0.25) is 0 Å². The molecule has 0 aromatic rings. The largest absolute Gasteiger partial charge is 0.324 e. The molecule has 0 bridgehead atoms. The molecule has 1 rings (SSSR count). The normalized spacial score (nSPS) is 22.0. The maximum Gasteiger partial charge on any atom is 0.264 e. The smallest absolute Gasteiger partial charge is 0.264 e. The Morgan fingerprint density at radius 3 is 2.31 bits per heavy atom. The van der Waals surface area contributed by atoms with E-state index >= 15 is 0 Å². The fourth-order valence-electron chi connectivity index (χ4n) is 1.73. The molecule has 0 atom stereocenters. The van der Waals surface area contributed by atoms with Gasteiger partial charge in [-0.25, -0.2) is 0 Å². The van der Waals surface area contributed by atoms with Gasteiger partial charge < -0.3 is 4.48 Å². The van der Waals surface area contributed by atoms with Gasteiger partial charge in [0.1, 0.15) is 13.2 Å². The van der Waals surface area contributed by atoms with Crippen molar-refractivity contribution in [2.75, 3.05) is 39.5 Å². The van der Waals surface area contributed by atoms with E-state index in [9.17, 15) is 8.42 Å². The van der Waals surface area contributed by atoms with E-state index in [1.165, 1.54) is 12.8 Å². The molecule has 1 saturated heterocycles. The van der Waals surface area contributed by atoms with Crippen molar-refractivity contribution in [2.45, 2.75) is 12.8 Å². The molecule has 1 aliphatic heterocycles. The summed E-state index contributed by atoms with van der Waals surface area (Å²) in [6.45, 7) is 3.41. The van der Waals surface area contributed by atoms with Gasteiger partial charge in [0, 0.05) is 12.8 Å². The summed E-state index contributed by atoms with van der Waals surface area (Å²) in [7, 11) is -1.10. The number of quaternary nitrogens is 1. The van der Waals surface area contributed by atoms with Gasteiger partial charge in [-0.2, -0.15) is 8.42 Å². The third kappa shape index (κ3) is 4.06. The summed E-state index contributed by atoms with van der Waals surface area (Å²) >= 11 is 0. The van der Waals surface area contributed by atoms with E-state index in [-0.39, 0.29) is 0 Å². The molecule has 0 aliphatic carbocycles. The highest BCUT2D eigenvalue weighted by atomic mass is 32.2. The number of likely N-dealkylation sites (N-methyl/N-ethyl adjacent to an activating group) is 1. The topological polar surface area (TPSA) is 43.4 Å². The highest BCUT2D eigenvalue weighted by Crippen LogP contribution is 2.15. The Morgan fingerprint density at radius 1 is 1.31 bits per heavy atom. The predicted molar refractivity (Wildman–Crippen MR) is 50.8 cm³/mol. The number of hydrogen-bond acceptors (Lipinski definition) is 3. The van der Waals surface area contributed by atoms with Crippen molar-refractivity contribution in [1.82, 2.24) is 0 Å². The first kappa shape index (κ1) is 10.9. The first-order valence-corrected chi connectivity index (χ1v) is 6.41. The minimum Gasteiger partial charge on any atom is -0.324 e. The van der Waals surface area contributed by atoms with E-state index in [1.807, 2.05) is 0 Å². The van der Waals surface area contributed by atoms with Crippen LogP contribution in [-0.4, -0.2) is 52.4 Å². The molecule has 13 heavy (non-hydrogen) atoms. The van der Waals surface area contributed by atoms with Crippen LogP contribution in [0.25, 0.3) is 0 Å². The molecule has 0 unspecified atom stereocenters. The molecule has 1 fully saturated rings. The Balaban J connectivity index is 2.26. The van der Waals surface area contributed by atoms with Crippen LogP contribution in [0.1, 0.15) is 12.8 Å². The van der Waals surface area contributed by atoms with Gasteiger partial charge in [0.05, 0.1) is 26.4 Å². The van der Waals surface area contributed by atoms with Gasteiger partial charge in [-0.15, -0.1) is 0 Å². The maximum atomic E-state index is 10.7. The molecule has 0 radical (unpaired) electrons. The minimum absolute atomic E-state index is 0.315. The minimum atomic E-state index is -3.25. The molecule has 0 amide bonds. The van der Waals surface area contributed by atoms with Crippen LogP contribution in [0.15, 0.2) is 0 Å². The van der Waals surface area contributed by atoms with E-state index in [1.54, 1.807) is 0 Å². The lowest BCUT2D eigenvalue weighted by Crippen LogP contribution is -2.43. The van der Waals surface area contributed by atoms with Crippen LogP contribution < -0.4 is 0 Å². The first-order chi connectivity index (χ1) is 5.91. The second-order valence-corrected chi connectivity index (χ2v) is 5.67. The summed E-state index contributed by atoms with van der Waals surface area (Å²) in [5, 5.41) is 0. The zero-order valence-electron chi connectivity index (χ0n) is 8.32. The van der Waals surface area contributed by atoms with Crippen LogP contribution in [0.5, 0.6) is 0 Å². The Hall–Kier alpha value is -0.130. The molecule has 0 saturated carbocycles. The van der Waals surface area contributed by atoms with E-state index in [0.717, 1.165) is 30.4 Å². The Kier molecular flexibility index (Phi) is 3.32. The molecule has 1 aliphatic rings.